The summed E-state index contributed by atoms with van der Waals surface area (Å²) in [4.78, 5) is 25.8. The van der Waals surface area contributed by atoms with Crippen LogP contribution in [0.25, 0.3) is 0 Å². The van der Waals surface area contributed by atoms with Gasteiger partial charge in [0.05, 0.1) is 12.7 Å². The molecule has 1 N–H and O–H groups in total. The number of ether oxygens (including phenoxy) is 1. The van der Waals surface area contributed by atoms with Gasteiger partial charge in [-0.3, -0.25) is 4.79 Å². The van der Waals surface area contributed by atoms with E-state index in [0.29, 0.717) is 22.9 Å². The summed E-state index contributed by atoms with van der Waals surface area (Å²) in [6.07, 6.45) is 6.44. The van der Waals surface area contributed by atoms with Crippen molar-refractivity contribution in [3.63, 3.8) is 0 Å². The number of methoxy groups -OCH3 is 1. The minimum absolute atomic E-state index is 0.00966. The number of hydrogen-bond acceptors (Lipinski definition) is 4. The van der Waals surface area contributed by atoms with Crippen LogP contribution in [-0.4, -0.2) is 19.0 Å². The van der Waals surface area contributed by atoms with Crippen LogP contribution < -0.4 is 5.32 Å². The minimum Gasteiger partial charge on any atom is -0.465 e. The van der Waals surface area contributed by atoms with Crippen molar-refractivity contribution >= 4 is 28.2 Å². The molecule has 2 rings (SSSR count). The first-order valence-corrected chi connectivity index (χ1v) is 10.1. The largest absolute Gasteiger partial charge is 0.465 e. The summed E-state index contributed by atoms with van der Waals surface area (Å²) in [5.74, 6) is 0.248. The molecular weight excluding hydrogens is 334 g/mol. The van der Waals surface area contributed by atoms with Crippen molar-refractivity contribution in [2.75, 3.05) is 12.4 Å². The molecule has 1 aliphatic carbocycles. The summed E-state index contributed by atoms with van der Waals surface area (Å²) < 4.78 is 4.99. The maximum absolute atomic E-state index is 12.3. The first-order chi connectivity index (χ1) is 11.8. The van der Waals surface area contributed by atoms with E-state index in [1.54, 1.807) is 11.3 Å². The molecule has 1 unspecified atom stereocenters. The highest BCUT2D eigenvalue weighted by atomic mass is 32.1. The molecule has 5 heteroatoms. The van der Waals surface area contributed by atoms with E-state index in [1.807, 2.05) is 0 Å². The number of unbranched alkanes of at least 4 members (excludes halogenated alkanes) is 2. The molecule has 1 aliphatic rings. The van der Waals surface area contributed by atoms with Crippen molar-refractivity contribution < 1.29 is 14.3 Å². The Morgan fingerprint density at radius 1 is 1.28 bits per heavy atom. The summed E-state index contributed by atoms with van der Waals surface area (Å²) in [7, 11) is 1.40. The monoisotopic (exact) mass is 365 g/mol. The molecule has 1 aromatic rings. The van der Waals surface area contributed by atoms with E-state index < -0.39 is 0 Å². The van der Waals surface area contributed by atoms with Crippen LogP contribution in [0.5, 0.6) is 0 Å². The van der Waals surface area contributed by atoms with Gasteiger partial charge in [0.2, 0.25) is 5.91 Å². The number of hydrogen-bond donors (Lipinski definition) is 1. The van der Waals surface area contributed by atoms with Gasteiger partial charge in [0.15, 0.2) is 0 Å². The van der Waals surface area contributed by atoms with Gasteiger partial charge in [0.25, 0.3) is 0 Å². The zero-order chi connectivity index (χ0) is 18.6. The van der Waals surface area contributed by atoms with Crippen LogP contribution in [0.15, 0.2) is 0 Å². The maximum atomic E-state index is 12.3. The number of rotatable bonds is 6. The SMILES string of the molecule is CCCCCC(=O)Nc1sc2c(c1C(=O)OC)CCC(C(C)(C)C)C2. The fraction of sp³-hybridized carbons (Fsp3) is 0.700. The first-order valence-electron chi connectivity index (χ1n) is 9.30. The van der Waals surface area contributed by atoms with Gasteiger partial charge < -0.3 is 10.1 Å². The van der Waals surface area contributed by atoms with Crippen molar-refractivity contribution in [2.24, 2.45) is 11.3 Å². The van der Waals surface area contributed by atoms with Gasteiger partial charge in [0.1, 0.15) is 5.00 Å². The summed E-state index contributed by atoms with van der Waals surface area (Å²) >= 11 is 1.56. The average molecular weight is 366 g/mol. The first kappa shape index (κ1) is 20.0. The van der Waals surface area contributed by atoms with Crippen LogP contribution in [0.1, 0.15) is 80.6 Å². The van der Waals surface area contributed by atoms with E-state index in [0.717, 1.165) is 44.1 Å². The molecule has 0 aliphatic heterocycles. The molecule has 1 aromatic heterocycles. The smallest absolute Gasteiger partial charge is 0.341 e. The van der Waals surface area contributed by atoms with Crippen molar-refractivity contribution in [3.05, 3.63) is 16.0 Å². The van der Waals surface area contributed by atoms with Crippen molar-refractivity contribution in [3.8, 4) is 0 Å². The molecule has 140 valence electrons. The number of fused-ring (bicyclic) bond motifs is 1. The van der Waals surface area contributed by atoms with Gasteiger partial charge in [-0.15, -0.1) is 11.3 Å². The van der Waals surface area contributed by atoms with Crippen LogP contribution >= 0.6 is 11.3 Å². The van der Waals surface area contributed by atoms with Crippen LogP contribution in [0, 0.1) is 11.3 Å². The summed E-state index contributed by atoms with van der Waals surface area (Å²) in [5, 5.41) is 3.65. The van der Waals surface area contributed by atoms with Crippen LogP contribution in [0.2, 0.25) is 0 Å². The molecule has 0 fully saturated rings. The molecule has 1 heterocycles. The number of carbonyl (C=O) groups is 2. The second-order valence-corrected chi connectivity index (χ2v) is 9.12. The van der Waals surface area contributed by atoms with E-state index in [2.05, 4.69) is 33.0 Å². The Morgan fingerprint density at radius 3 is 2.60 bits per heavy atom. The van der Waals surface area contributed by atoms with E-state index >= 15 is 0 Å². The van der Waals surface area contributed by atoms with Gasteiger partial charge in [-0.2, -0.15) is 0 Å². The molecule has 0 aromatic carbocycles. The quantitative estimate of drug-likeness (QED) is 0.556. The molecule has 4 nitrogen and oxygen atoms in total. The Morgan fingerprint density at radius 2 is 2.00 bits per heavy atom. The molecule has 1 atom stereocenters. The number of esters is 1. The molecular formula is C20H31NO3S. The molecule has 0 saturated carbocycles. The number of carbonyl (C=O) groups excluding carboxylic acids is 2. The second kappa shape index (κ2) is 8.35. The molecule has 0 saturated heterocycles. The second-order valence-electron chi connectivity index (χ2n) is 8.01. The normalized spacial score (nSPS) is 17.1. The Hall–Kier alpha value is -1.36. The van der Waals surface area contributed by atoms with Gasteiger partial charge in [-0.25, -0.2) is 4.79 Å². The van der Waals surface area contributed by atoms with Gasteiger partial charge in [-0.1, -0.05) is 40.5 Å². The van der Waals surface area contributed by atoms with Crippen molar-refractivity contribution in [1.29, 1.82) is 0 Å². The highest BCUT2D eigenvalue weighted by molar-refractivity contribution is 7.17. The van der Waals surface area contributed by atoms with Gasteiger partial charge >= 0.3 is 5.97 Å². The highest BCUT2D eigenvalue weighted by Gasteiger charge is 2.34. The molecule has 25 heavy (non-hydrogen) atoms. The Bertz CT molecular complexity index is 628. The van der Waals surface area contributed by atoms with E-state index in [1.165, 1.54) is 12.0 Å². The molecule has 0 radical (unpaired) electrons. The molecule has 0 spiro atoms. The average Bonchev–Trinajstić information content (AvgIpc) is 2.90. The summed E-state index contributed by atoms with van der Waals surface area (Å²) in [6, 6.07) is 0. The standard InChI is InChI=1S/C20H31NO3S/c1-6-7-8-9-16(22)21-18-17(19(23)24-5)14-11-10-13(20(2,3)4)12-15(14)25-18/h13H,6-12H2,1-5H3,(H,21,22). The van der Waals surface area contributed by atoms with Crippen molar-refractivity contribution in [1.82, 2.24) is 0 Å². The van der Waals surface area contributed by atoms with Crippen LogP contribution in [0.4, 0.5) is 5.00 Å². The number of anilines is 1. The molecule has 0 bridgehead atoms. The third-order valence-corrected chi connectivity index (χ3v) is 6.31. The third kappa shape index (κ3) is 4.84. The van der Waals surface area contributed by atoms with Gasteiger partial charge in [-0.05, 0) is 42.6 Å². The summed E-state index contributed by atoms with van der Waals surface area (Å²) in [5.41, 5.74) is 1.91. The minimum atomic E-state index is -0.337. The Labute approximate surface area is 155 Å². The number of nitrogens with one attached hydrogen (secondary N) is 1. The lowest BCUT2D eigenvalue weighted by Gasteiger charge is -2.33. The fourth-order valence-electron chi connectivity index (χ4n) is 3.46. The zero-order valence-electron chi connectivity index (χ0n) is 16.2. The van der Waals surface area contributed by atoms with Crippen LogP contribution in [0.3, 0.4) is 0 Å². The third-order valence-electron chi connectivity index (χ3n) is 5.14. The lowest BCUT2D eigenvalue weighted by atomic mass is 9.72. The number of thiophene rings is 1. The lowest BCUT2D eigenvalue weighted by molar-refractivity contribution is -0.116. The highest BCUT2D eigenvalue weighted by Crippen LogP contribution is 2.44. The lowest BCUT2D eigenvalue weighted by Crippen LogP contribution is -2.26. The van der Waals surface area contributed by atoms with E-state index in [4.69, 9.17) is 4.74 Å². The topological polar surface area (TPSA) is 55.4 Å². The Balaban J connectivity index is 2.24. The Kier molecular flexibility index (Phi) is 6.66. The zero-order valence-corrected chi connectivity index (χ0v) is 17.0. The van der Waals surface area contributed by atoms with E-state index in [9.17, 15) is 9.59 Å². The fourth-order valence-corrected chi connectivity index (χ4v) is 4.79. The number of amides is 1. The van der Waals surface area contributed by atoms with Crippen LogP contribution in [-0.2, 0) is 22.4 Å². The summed E-state index contributed by atoms with van der Waals surface area (Å²) in [6.45, 7) is 8.93. The van der Waals surface area contributed by atoms with E-state index in [-0.39, 0.29) is 17.3 Å². The predicted molar refractivity (Wildman–Crippen MR) is 103 cm³/mol. The van der Waals surface area contributed by atoms with Gasteiger partial charge in [0, 0.05) is 11.3 Å². The molecule has 1 amide bonds. The maximum Gasteiger partial charge on any atom is 0.341 e. The predicted octanol–water partition coefficient (Wildman–Crippen LogP) is 5.20. The van der Waals surface area contributed by atoms with Crippen molar-refractivity contribution in [2.45, 2.75) is 72.6 Å².